The minimum Gasteiger partial charge on any atom is -0.385 e. The Kier molecular flexibility index (Phi) is 4.14. The van der Waals surface area contributed by atoms with Crippen molar-refractivity contribution in [3.8, 4) is 0 Å². The number of nitrogens with one attached hydrogen (secondary N) is 1. The quantitative estimate of drug-likeness (QED) is 0.386. The molecule has 1 fully saturated rings. The van der Waals surface area contributed by atoms with Crippen LogP contribution in [-0.4, -0.2) is 36.7 Å². The van der Waals surface area contributed by atoms with Crippen molar-refractivity contribution in [3.63, 3.8) is 0 Å². The number of hydrogen-bond acceptors (Lipinski definition) is 6. The van der Waals surface area contributed by atoms with Crippen molar-refractivity contribution in [2.45, 2.75) is 24.9 Å². The highest BCUT2D eigenvalue weighted by Gasteiger charge is 2.43. The first-order valence-corrected chi connectivity index (χ1v) is 7.01. The van der Waals surface area contributed by atoms with Gasteiger partial charge in [-0.15, -0.1) is 0 Å². The molecule has 20 heavy (non-hydrogen) atoms. The molecule has 4 N–H and O–H groups in total. The number of aromatic nitrogens is 2. The summed E-state index contributed by atoms with van der Waals surface area (Å²) in [5, 5.41) is 9.69. The van der Waals surface area contributed by atoms with E-state index in [4.69, 9.17) is 14.5 Å². The number of hydrogen-bond donors (Lipinski definition) is 4. The lowest BCUT2D eigenvalue weighted by molar-refractivity contribution is -0.0232. The van der Waals surface area contributed by atoms with Crippen LogP contribution >= 0.6 is 7.82 Å². The second kappa shape index (κ2) is 5.52. The van der Waals surface area contributed by atoms with Gasteiger partial charge in [-0.05, 0) is 0 Å². The monoisotopic (exact) mass is 307 g/mol. The van der Waals surface area contributed by atoms with Gasteiger partial charge in [0.15, 0.2) is 0 Å². The molecular formula is C9H12N2O8P+. The molecule has 1 aromatic heterocycles. The van der Waals surface area contributed by atoms with Gasteiger partial charge in [-0.3, -0.25) is 14.3 Å². The average Bonchev–Trinajstić information content (AvgIpc) is 2.67. The lowest BCUT2D eigenvalue weighted by Crippen LogP contribution is -2.31. The Balaban J connectivity index is 2.08. The maximum Gasteiger partial charge on any atom is 0.509 e. The van der Waals surface area contributed by atoms with E-state index >= 15 is 0 Å². The van der Waals surface area contributed by atoms with E-state index in [1.807, 2.05) is 4.98 Å². The predicted molar refractivity (Wildman–Crippen MR) is 63.3 cm³/mol. The van der Waals surface area contributed by atoms with E-state index in [1.54, 1.807) is 0 Å². The first-order valence-electron chi connectivity index (χ1n) is 5.48. The van der Waals surface area contributed by atoms with Crippen LogP contribution in [0.2, 0.25) is 0 Å². The summed E-state index contributed by atoms with van der Waals surface area (Å²) in [5.74, 6) is 0. The second-order valence-corrected chi connectivity index (χ2v) is 5.30. The van der Waals surface area contributed by atoms with Crippen LogP contribution in [0.25, 0.3) is 0 Å². The van der Waals surface area contributed by atoms with E-state index < -0.39 is 37.5 Å². The normalized spacial score (nSPS) is 26.6. The molecule has 0 aliphatic carbocycles. The van der Waals surface area contributed by atoms with E-state index in [2.05, 4.69) is 4.52 Å². The van der Waals surface area contributed by atoms with Gasteiger partial charge in [-0.2, -0.15) is 0 Å². The Hall–Kier alpha value is -1.42. The Labute approximate surface area is 111 Å². The van der Waals surface area contributed by atoms with Crippen molar-refractivity contribution < 1.29 is 28.7 Å². The fourth-order valence-corrected chi connectivity index (χ4v) is 2.04. The lowest BCUT2D eigenvalue weighted by Gasteiger charge is -2.11. The molecule has 0 saturated carbocycles. The summed E-state index contributed by atoms with van der Waals surface area (Å²) in [6, 6.07) is 1.11. The van der Waals surface area contributed by atoms with Crippen LogP contribution in [0.3, 0.4) is 0 Å². The van der Waals surface area contributed by atoms with Gasteiger partial charge in [0.2, 0.25) is 0 Å². The molecule has 0 spiro atoms. The zero-order valence-corrected chi connectivity index (χ0v) is 10.8. The standard InChI is InChI=1S/C9H11N2O8P/c12-5-3-8(11-2-1-7(13)10-9(11)14)19-6(5)4-18-20(15,16)17/h1-2,4-6,8,12H,3H2,(H2-,10,13,14,15,16,17)/p+1/t5-,6+,8+/m0/s1. The molecule has 0 radical (unpaired) electrons. The van der Waals surface area contributed by atoms with Crippen molar-refractivity contribution in [3.05, 3.63) is 39.7 Å². The molecule has 3 atom stereocenters. The summed E-state index contributed by atoms with van der Waals surface area (Å²) in [6.07, 6.45) is -1.89. The smallest absolute Gasteiger partial charge is 0.385 e. The van der Waals surface area contributed by atoms with Crippen molar-refractivity contribution in [2.24, 2.45) is 0 Å². The fraction of sp³-hybridized carbons (Fsp3) is 0.444. The number of aliphatic hydroxyl groups is 1. The number of H-pyrrole nitrogens is 1. The van der Waals surface area contributed by atoms with Crippen molar-refractivity contribution >= 4 is 7.82 Å². The first-order chi connectivity index (χ1) is 9.26. The SMILES string of the molecule is O=c1ccn([C@H]2C[C@H](O)[C@@H]([CH+]OP(=O)(O)O)O2)c(=O)[nH]1. The van der Waals surface area contributed by atoms with Gasteiger partial charge in [-0.25, -0.2) is 9.36 Å². The summed E-state index contributed by atoms with van der Waals surface area (Å²) in [4.78, 5) is 41.6. The number of ether oxygens (including phenoxy) is 1. The van der Waals surface area contributed by atoms with Crippen LogP contribution in [0.4, 0.5) is 0 Å². The van der Waals surface area contributed by atoms with Crippen LogP contribution in [0, 0.1) is 6.61 Å². The Morgan fingerprint density at radius 1 is 1.50 bits per heavy atom. The van der Waals surface area contributed by atoms with E-state index in [9.17, 15) is 19.3 Å². The maximum absolute atomic E-state index is 11.5. The molecule has 1 aromatic rings. The van der Waals surface area contributed by atoms with Crippen LogP contribution in [0.5, 0.6) is 0 Å². The number of aromatic amines is 1. The van der Waals surface area contributed by atoms with Gasteiger partial charge in [0.05, 0.1) is 0 Å². The molecule has 1 aliphatic heterocycles. The molecular weight excluding hydrogens is 295 g/mol. The largest absolute Gasteiger partial charge is 0.509 e. The van der Waals surface area contributed by atoms with E-state index in [0.717, 1.165) is 10.6 Å². The molecule has 10 nitrogen and oxygen atoms in total. The molecule has 2 rings (SSSR count). The second-order valence-electron chi connectivity index (χ2n) is 4.11. The van der Waals surface area contributed by atoms with Gasteiger partial charge in [0, 0.05) is 18.7 Å². The summed E-state index contributed by atoms with van der Waals surface area (Å²) in [6.45, 7) is 0.683. The topological polar surface area (TPSA) is 151 Å². The maximum atomic E-state index is 11.5. The van der Waals surface area contributed by atoms with E-state index in [-0.39, 0.29) is 6.42 Å². The predicted octanol–water partition coefficient (Wildman–Crippen LogP) is -1.54. The molecule has 2 heterocycles. The fourth-order valence-electron chi connectivity index (χ4n) is 1.76. The van der Waals surface area contributed by atoms with Gasteiger partial charge >= 0.3 is 13.5 Å². The highest BCUT2D eigenvalue weighted by Crippen LogP contribution is 2.39. The third-order valence-corrected chi connectivity index (χ3v) is 3.03. The highest BCUT2D eigenvalue weighted by molar-refractivity contribution is 7.46. The minimum absolute atomic E-state index is 0.00235. The van der Waals surface area contributed by atoms with Gasteiger partial charge in [-0.1, -0.05) is 4.52 Å². The molecule has 0 bridgehead atoms. The Morgan fingerprint density at radius 2 is 2.20 bits per heavy atom. The summed E-state index contributed by atoms with van der Waals surface area (Å²) >= 11 is 0. The molecule has 11 heteroatoms. The molecule has 110 valence electrons. The molecule has 0 amide bonds. The highest BCUT2D eigenvalue weighted by atomic mass is 31.2. The van der Waals surface area contributed by atoms with E-state index in [0.29, 0.717) is 6.61 Å². The van der Waals surface area contributed by atoms with E-state index in [1.165, 1.54) is 6.20 Å². The lowest BCUT2D eigenvalue weighted by atomic mass is 10.2. The molecule has 1 aliphatic rings. The first kappa shape index (κ1) is 15.0. The van der Waals surface area contributed by atoms with Crippen molar-refractivity contribution in [2.75, 3.05) is 0 Å². The number of phosphoric acid groups is 1. The summed E-state index contributed by atoms with van der Waals surface area (Å²) in [7, 11) is -4.72. The third-order valence-electron chi connectivity index (χ3n) is 2.63. The van der Waals surface area contributed by atoms with Gasteiger partial charge < -0.3 is 19.6 Å². The molecule has 0 aromatic carbocycles. The third kappa shape index (κ3) is 3.57. The minimum atomic E-state index is -4.72. The van der Waals surface area contributed by atoms with Gasteiger partial charge in [0.1, 0.15) is 12.3 Å². The van der Waals surface area contributed by atoms with Crippen LogP contribution in [-0.2, 0) is 13.8 Å². The molecule has 1 saturated heterocycles. The summed E-state index contributed by atoms with van der Waals surface area (Å²) in [5.41, 5.74) is -1.29. The average molecular weight is 307 g/mol. The van der Waals surface area contributed by atoms with Crippen LogP contribution in [0.15, 0.2) is 21.9 Å². The number of rotatable bonds is 4. The van der Waals surface area contributed by atoms with Crippen LogP contribution in [0.1, 0.15) is 12.6 Å². The van der Waals surface area contributed by atoms with Gasteiger partial charge in [0.25, 0.3) is 18.3 Å². The molecule has 0 unspecified atom stereocenters. The van der Waals surface area contributed by atoms with Crippen molar-refractivity contribution in [1.29, 1.82) is 0 Å². The number of phosphoric ester groups is 1. The van der Waals surface area contributed by atoms with Crippen LogP contribution < -0.4 is 11.2 Å². The zero-order chi connectivity index (χ0) is 14.9. The number of nitrogens with zero attached hydrogens (tertiary/aromatic N) is 1. The Bertz CT molecular complexity index is 633. The summed E-state index contributed by atoms with van der Waals surface area (Å²) < 4.78 is 21.0. The number of aliphatic hydroxyl groups excluding tert-OH is 1. The zero-order valence-electron chi connectivity index (χ0n) is 9.95. The van der Waals surface area contributed by atoms with Crippen molar-refractivity contribution in [1.82, 2.24) is 9.55 Å². The Morgan fingerprint density at radius 3 is 2.80 bits per heavy atom.